The first-order valence-corrected chi connectivity index (χ1v) is 7.55. The molecule has 7 heteroatoms. The molecule has 0 aromatic heterocycles. The predicted octanol–water partition coefficient (Wildman–Crippen LogP) is 3.45. The maximum Gasteiger partial charge on any atom is 0.341 e. The molecule has 2 rings (SSSR count). The van der Waals surface area contributed by atoms with E-state index in [9.17, 15) is 9.59 Å². The van der Waals surface area contributed by atoms with Crippen molar-refractivity contribution in [3.8, 4) is 11.5 Å². The number of carbonyl (C=O) groups excluding carboxylic acids is 1. The van der Waals surface area contributed by atoms with Crippen molar-refractivity contribution in [2.75, 3.05) is 18.5 Å². The highest BCUT2D eigenvalue weighted by Crippen LogP contribution is 2.26. The lowest BCUT2D eigenvalue weighted by atomic mass is 10.2. The standard InChI is InChI=1S/C17H16ClNO5/c1-2-23-15-8-3-11(9-14(15)18)17(22)19-12-4-6-13(7-5-12)24-10-16(20)21/h3-9H,2,10H2,1H3,(H,19,22)(H,20,21). The third kappa shape index (κ3) is 4.89. The van der Waals surface area contributed by atoms with Crippen molar-refractivity contribution in [2.24, 2.45) is 0 Å². The van der Waals surface area contributed by atoms with E-state index < -0.39 is 12.6 Å². The van der Waals surface area contributed by atoms with Crippen molar-refractivity contribution < 1.29 is 24.2 Å². The average molecular weight is 350 g/mol. The molecule has 1 amide bonds. The van der Waals surface area contributed by atoms with Gasteiger partial charge in [0.2, 0.25) is 0 Å². The van der Waals surface area contributed by atoms with Gasteiger partial charge in [-0.25, -0.2) is 4.79 Å². The molecule has 0 atom stereocenters. The first kappa shape index (κ1) is 17.6. The van der Waals surface area contributed by atoms with Crippen LogP contribution in [0.2, 0.25) is 5.02 Å². The number of ether oxygens (including phenoxy) is 2. The molecular weight excluding hydrogens is 334 g/mol. The van der Waals surface area contributed by atoms with E-state index in [1.807, 2.05) is 6.92 Å². The Morgan fingerprint density at radius 3 is 2.42 bits per heavy atom. The molecule has 0 radical (unpaired) electrons. The lowest BCUT2D eigenvalue weighted by Crippen LogP contribution is -2.12. The van der Waals surface area contributed by atoms with Crippen LogP contribution >= 0.6 is 11.6 Å². The number of nitrogens with one attached hydrogen (secondary N) is 1. The molecule has 0 aliphatic carbocycles. The van der Waals surface area contributed by atoms with Crippen molar-refractivity contribution in [2.45, 2.75) is 6.92 Å². The van der Waals surface area contributed by atoms with Gasteiger partial charge >= 0.3 is 5.97 Å². The summed E-state index contributed by atoms with van der Waals surface area (Å²) in [6.45, 7) is 1.92. The Morgan fingerprint density at radius 1 is 1.12 bits per heavy atom. The van der Waals surface area contributed by atoms with Crippen LogP contribution in [0.3, 0.4) is 0 Å². The summed E-state index contributed by atoms with van der Waals surface area (Å²) in [4.78, 5) is 22.6. The molecule has 126 valence electrons. The summed E-state index contributed by atoms with van der Waals surface area (Å²) in [7, 11) is 0. The quantitative estimate of drug-likeness (QED) is 0.799. The van der Waals surface area contributed by atoms with Crippen LogP contribution in [-0.2, 0) is 4.79 Å². The highest BCUT2D eigenvalue weighted by atomic mass is 35.5. The number of hydrogen-bond acceptors (Lipinski definition) is 4. The van der Waals surface area contributed by atoms with Gasteiger partial charge in [-0.15, -0.1) is 0 Å². The molecule has 2 aromatic rings. The molecule has 0 heterocycles. The molecule has 2 N–H and O–H groups in total. The fourth-order valence-corrected chi connectivity index (χ4v) is 2.13. The number of halogens is 1. The SMILES string of the molecule is CCOc1ccc(C(=O)Nc2ccc(OCC(=O)O)cc2)cc1Cl. The molecule has 24 heavy (non-hydrogen) atoms. The Kier molecular flexibility index (Phi) is 6.03. The van der Waals surface area contributed by atoms with Gasteiger partial charge in [0.15, 0.2) is 6.61 Å². The number of amides is 1. The predicted molar refractivity (Wildman–Crippen MR) is 90.1 cm³/mol. The van der Waals surface area contributed by atoms with E-state index in [1.54, 1.807) is 36.4 Å². The normalized spacial score (nSPS) is 10.1. The van der Waals surface area contributed by atoms with Crippen molar-refractivity contribution in [3.63, 3.8) is 0 Å². The molecule has 6 nitrogen and oxygen atoms in total. The number of carbonyl (C=O) groups is 2. The second-order valence-corrected chi connectivity index (χ2v) is 5.15. The summed E-state index contributed by atoms with van der Waals surface area (Å²) < 4.78 is 10.3. The third-order valence-corrected chi connectivity index (χ3v) is 3.26. The number of carboxylic acid groups (broad SMARTS) is 1. The fourth-order valence-electron chi connectivity index (χ4n) is 1.90. The molecule has 0 spiro atoms. The second-order valence-electron chi connectivity index (χ2n) is 4.74. The van der Waals surface area contributed by atoms with Crippen LogP contribution in [0.15, 0.2) is 42.5 Å². The third-order valence-electron chi connectivity index (χ3n) is 2.97. The van der Waals surface area contributed by atoms with Crippen LogP contribution in [0, 0.1) is 0 Å². The van der Waals surface area contributed by atoms with Gasteiger partial charge in [-0.3, -0.25) is 4.79 Å². The van der Waals surface area contributed by atoms with Gasteiger partial charge in [-0.05, 0) is 49.4 Å². The van der Waals surface area contributed by atoms with E-state index >= 15 is 0 Å². The summed E-state index contributed by atoms with van der Waals surface area (Å²) in [5, 5.41) is 11.6. The number of hydrogen-bond donors (Lipinski definition) is 2. The minimum absolute atomic E-state index is 0.320. The zero-order valence-corrected chi connectivity index (χ0v) is 13.7. The van der Waals surface area contributed by atoms with Gasteiger partial charge in [0.05, 0.1) is 11.6 Å². The van der Waals surface area contributed by atoms with Crippen molar-refractivity contribution in [1.29, 1.82) is 0 Å². The number of rotatable bonds is 7. The molecule has 0 aliphatic heterocycles. The highest BCUT2D eigenvalue weighted by molar-refractivity contribution is 6.32. The van der Waals surface area contributed by atoms with E-state index in [-0.39, 0.29) is 5.91 Å². The Morgan fingerprint density at radius 2 is 1.83 bits per heavy atom. The van der Waals surface area contributed by atoms with Gasteiger partial charge in [0, 0.05) is 11.3 Å². The van der Waals surface area contributed by atoms with E-state index in [0.717, 1.165) is 0 Å². The van der Waals surface area contributed by atoms with Gasteiger partial charge < -0.3 is 19.9 Å². The topological polar surface area (TPSA) is 84.9 Å². The Hall–Kier alpha value is -2.73. The molecular formula is C17H16ClNO5. The molecule has 2 aromatic carbocycles. The molecule has 0 bridgehead atoms. The monoisotopic (exact) mass is 349 g/mol. The zero-order valence-electron chi connectivity index (χ0n) is 12.9. The largest absolute Gasteiger partial charge is 0.492 e. The number of carboxylic acids is 1. The van der Waals surface area contributed by atoms with Gasteiger partial charge in [0.1, 0.15) is 11.5 Å². The summed E-state index contributed by atoms with van der Waals surface area (Å²) in [6, 6.07) is 11.2. The van der Waals surface area contributed by atoms with Gasteiger partial charge in [-0.1, -0.05) is 11.6 Å². The van der Waals surface area contributed by atoms with Crippen molar-refractivity contribution >= 4 is 29.2 Å². The minimum Gasteiger partial charge on any atom is -0.492 e. The lowest BCUT2D eigenvalue weighted by Gasteiger charge is -2.09. The Balaban J connectivity index is 2.01. The maximum absolute atomic E-state index is 12.2. The fraction of sp³-hybridized carbons (Fsp3) is 0.176. The minimum atomic E-state index is -1.06. The van der Waals surface area contributed by atoms with Crippen LogP contribution in [0.5, 0.6) is 11.5 Å². The molecule has 0 saturated carbocycles. The van der Waals surface area contributed by atoms with Crippen LogP contribution in [0.25, 0.3) is 0 Å². The van der Waals surface area contributed by atoms with Crippen molar-refractivity contribution in [3.05, 3.63) is 53.1 Å². The summed E-state index contributed by atoms with van der Waals surface area (Å²) >= 11 is 6.07. The molecule has 0 fully saturated rings. The van der Waals surface area contributed by atoms with Crippen LogP contribution < -0.4 is 14.8 Å². The smallest absolute Gasteiger partial charge is 0.341 e. The Bertz CT molecular complexity index is 730. The molecule has 0 unspecified atom stereocenters. The highest BCUT2D eigenvalue weighted by Gasteiger charge is 2.10. The number of aliphatic carboxylic acids is 1. The first-order valence-electron chi connectivity index (χ1n) is 7.18. The van der Waals surface area contributed by atoms with Gasteiger partial charge in [0.25, 0.3) is 5.91 Å². The maximum atomic E-state index is 12.2. The van der Waals surface area contributed by atoms with E-state index in [4.69, 9.17) is 26.2 Å². The van der Waals surface area contributed by atoms with Gasteiger partial charge in [-0.2, -0.15) is 0 Å². The lowest BCUT2D eigenvalue weighted by molar-refractivity contribution is -0.139. The van der Waals surface area contributed by atoms with E-state index in [2.05, 4.69) is 5.32 Å². The van der Waals surface area contributed by atoms with Crippen LogP contribution in [0.4, 0.5) is 5.69 Å². The van der Waals surface area contributed by atoms with Crippen LogP contribution in [0.1, 0.15) is 17.3 Å². The van der Waals surface area contributed by atoms with E-state index in [0.29, 0.717) is 34.4 Å². The number of anilines is 1. The second kappa shape index (κ2) is 8.21. The van der Waals surface area contributed by atoms with Crippen molar-refractivity contribution in [1.82, 2.24) is 0 Å². The average Bonchev–Trinajstić information content (AvgIpc) is 2.56. The number of benzene rings is 2. The summed E-state index contributed by atoms with van der Waals surface area (Å²) in [5.41, 5.74) is 0.947. The summed E-state index contributed by atoms with van der Waals surface area (Å²) in [5.74, 6) is -0.450. The molecule has 0 aliphatic rings. The van der Waals surface area contributed by atoms with Crippen LogP contribution in [-0.4, -0.2) is 30.2 Å². The zero-order chi connectivity index (χ0) is 17.5. The first-order chi connectivity index (χ1) is 11.5. The van der Waals surface area contributed by atoms with E-state index in [1.165, 1.54) is 6.07 Å². The molecule has 0 saturated heterocycles. The summed E-state index contributed by atoms with van der Waals surface area (Å²) in [6.07, 6.45) is 0. The Labute approximate surface area is 144 Å².